The van der Waals surface area contributed by atoms with E-state index in [1.54, 1.807) is 0 Å². The normalized spacial score (nSPS) is 26.5. The van der Waals surface area contributed by atoms with Crippen molar-refractivity contribution in [1.29, 1.82) is 0 Å². The Hall–Kier alpha value is -0.690. The molecule has 2 heterocycles. The first-order valence-electron chi connectivity index (χ1n) is 7.61. The summed E-state index contributed by atoms with van der Waals surface area (Å²) in [6.07, 6.45) is 0.444. The fourth-order valence-electron chi connectivity index (χ4n) is 2.58. The molecule has 0 saturated carbocycles. The van der Waals surface area contributed by atoms with E-state index in [9.17, 15) is 4.79 Å². The zero-order chi connectivity index (χ0) is 15.7. The summed E-state index contributed by atoms with van der Waals surface area (Å²) in [5.41, 5.74) is 0. The molecule has 2 rings (SSSR count). The number of nitrogens with zero attached hydrogens (tertiary/aromatic N) is 1. The van der Waals surface area contributed by atoms with Crippen LogP contribution in [-0.4, -0.2) is 60.9 Å². The molecule has 2 aliphatic rings. The molecule has 6 nitrogen and oxygen atoms in total. The molecule has 122 valence electrons. The third kappa shape index (κ3) is 4.16. The molecule has 0 aliphatic carbocycles. The zero-order valence-electron chi connectivity index (χ0n) is 13.7. The maximum absolute atomic E-state index is 12.3. The van der Waals surface area contributed by atoms with Crippen molar-refractivity contribution in [2.45, 2.75) is 64.7 Å². The van der Waals surface area contributed by atoms with Crippen molar-refractivity contribution in [3.63, 3.8) is 0 Å². The first-order chi connectivity index (χ1) is 9.74. The van der Waals surface area contributed by atoms with Gasteiger partial charge >= 0.3 is 0 Å². The number of rotatable bonds is 3. The van der Waals surface area contributed by atoms with E-state index in [-0.39, 0.29) is 18.0 Å². The summed E-state index contributed by atoms with van der Waals surface area (Å²) in [5, 5.41) is 0. The average Bonchev–Trinajstić information content (AvgIpc) is 2.42. The van der Waals surface area contributed by atoms with E-state index in [0.29, 0.717) is 32.8 Å². The SMILES string of the molecule is CCC(=O)N(C1COC(C)(C)OC1)C1COC(C)(C)OC1. The molecule has 0 spiro atoms. The van der Waals surface area contributed by atoms with E-state index in [2.05, 4.69) is 0 Å². The van der Waals surface area contributed by atoms with Gasteiger partial charge in [0.25, 0.3) is 0 Å². The Morgan fingerprint density at radius 3 is 1.52 bits per heavy atom. The van der Waals surface area contributed by atoms with Gasteiger partial charge in [-0.15, -0.1) is 0 Å². The fraction of sp³-hybridized carbons (Fsp3) is 0.933. The summed E-state index contributed by atoms with van der Waals surface area (Å²) < 4.78 is 22.8. The lowest BCUT2D eigenvalue weighted by Crippen LogP contribution is -2.60. The van der Waals surface area contributed by atoms with Gasteiger partial charge in [0.05, 0.1) is 38.5 Å². The predicted molar refractivity (Wildman–Crippen MR) is 76.7 cm³/mol. The molecule has 2 fully saturated rings. The lowest BCUT2D eigenvalue weighted by Gasteiger charge is -2.46. The molecule has 0 aromatic carbocycles. The Labute approximate surface area is 126 Å². The zero-order valence-corrected chi connectivity index (χ0v) is 13.7. The van der Waals surface area contributed by atoms with E-state index in [0.717, 1.165) is 0 Å². The molecule has 21 heavy (non-hydrogen) atoms. The fourth-order valence-corrected chi connectivity index (χ4v) is 2.58. The summed E-state index contributed by atoms with van der Waals surface area (Å²) in [7, 11) is 0. The number of ether oxygens (including phenoxy) is 4. The van der Waals surface area contributed by atoms with Crippen LogP contribution in [0.5, 0.6) is 0 Å². The largest absolute Gasteiger partial charge is 0.348 e. The van der Waals surface area contributed by atoms with Gasteiger partial charge in [-0.1, -0.05) is 6.92 Å². The van der Waals surface area contributed by atoms with Crippen LogP contribution in [0.4, 0.5) is 0 Å². The highest BCUT2D eigenvalue weighted by molar-refractivity contribution is 5.76. The molecule has 6 heteroatoms. The first-order valence-corrected chi connectivity index (χ1v) is 7.61. The number of carbonyl (C=O) groups is 1. The highest BCUT2D eigenvalue weighted by Gasteiger charge is 2.39. The van der Waals surface area contributed by atoms with Crippen LogP contribution in [0.2, 0.25) is 0 Å². The van der Waals surface area contributed by atoms with Crippen molar-refractivity contribution in [2.75, 3.05) is 26.4 Å². The molecule has 2 saturated heterocycles. The van der Waals surface area contributed by atoms with Gasteiger partial charge < -0.3 is 23.8 Å². The van der Waals surface area contributed by atoms with Crippen LogP contribution < -0.4 is 0 Å². The molecule has 0 aromatic rings. The third-order valence-corrected chi connectivity index (χ3v) is 3.87. The Morgan fingerprint density at radius 1 is 0.905 bits per heavy atom. The van der Waals surface area contributed by atoms with Gasteiger partial charge in [-0.3, -0.25) is 4.79 Å². The van der Waals surface area contributed by atoms with Crippen molar-refractivity contribution in [3.05, 3.63) is 0 Å². The van der Waals surface area contributed by atoms with Crippen LogP contribution in [0.15, 0.2) is 0 Å². The lowest BCUT2D eigenvalue weighted by atomic mass is 10.1. The van der Waals surface area contributed by atoms with E-state index in [1.165, 1.54) is 0 Å². The van der Waals surface area contributed by atoms with Gasteiger partial charge in [0, 0.05) is 6.42 Å². The van der Waals surface area contributed by atoms with E-state index in [4.69, 9.17) is 18.9 Å². The number of hydrogen-bond donors (Lipinski definition) is 0. The van der Waals surface area contributed by atoms with Gasteiger partial charge in [-0.2, -0.15) is 0 Å². The second kappa shape index (κ2) is 6.20. The smallest absolute Gasteiger partial charge is 0.223 e. The average molecular weight is 301 g/mol. The molecular weight excluding hydrogens is 274 g/mol. The molecule has 0 aromatic heterocycles. The quantitative estimate of drug-likeness (QED) is 0.791. The minimum Gasteiger partial charge on any atom is -0.348 e. The Morgan fingerprint density at radius 2 is 1.24 bits per heavy atom. The molecule has 0 radical (unpaired) electrons. The van der Waals surface area contributed by atoms with Gasteiger partial charge in [-0.05, 0) is 27.7 Å². The van der Waals surface area contributed by atoms with Gasteiger partial charge in [0.2, 0.25) is 5.91 Å². The van der Waals surface area contributed by atoms with Crippen molar-refractivity contribution in [2.24, 2.45) is 0 Å². The maximum atomic E-state index is 12.3. The van der Waals surface area contributed by atoms with Crippen molar-refractivity contribution < 1.29 is 23.7 Å². The summed E-state index contributed by atoms with van der Waals surface area (Å²) in [4.78, 5) is 14.2. The molecule has 0 N–H and O–H groups in total. The minimum atomic E-state index is -0.584. The van der Waals surface area contributed by atoms with E-state index >= 15 is 0 Å². The molecule has 0 atom stereocenters. The van der Waals surface area contributed by atoms with Gasteiger partial charge in [0.1, 0.15) is 0 Å². The molecule has 0 unspecified atom stereocenters. The Kier molecular flexibility index (Phi) is 4.92. The maximum Gasteiger partial charge on any atom is 0.223 e. The topological polar surface area (TPSA) is 57.2 Å². The van der Waals surface area contributed by atoms with Crippen LogP contribution >= 0.6 is 0 Å². The molecular formula is C15H27NO5. The van der Waals surface area contributed by atoms with Crippen molar-refractivity contribution in [3.8, 4) is 0 Å². The number of hydrogen-bond acceptors (Lipinski definition) is 5. The Bertz CT molecular complexity index is 334. The summed E-state index contributed by atoms with van der Waals surface area (Å²) in [6, 6.07) is -0.187. The highest BCUT2D eigenvalue weighted by atomic mass is 16.7. The first kappa shape index (κ1) is 16.7. The summed E-state index contributed by atoms with van der Waals surface area (Å²) in [5.74, 6) is -1.10. The van der Waals surface area contributed by atoms with Gasteiger partial charge in [-0.25, -0.2) is 0 Å². The second-order valence-corrected chi connectivity index (χ2v) is 6.51. The summed E-state index contributed by atoms with van der Waals surface area (Å²) >= 11 is 0. The standard InChI is InChI=1S/C15H27NO5/c1-6-13(17)16(11-7-18-14(2,3)19-8-11)12-9-20-15(4,5)21-10-12/h11-12H,6-10H2,1-5H3. The van der Waals surface area contributed by atoms with Crippen LogP contribution in [-0.2, 0) is 23.7 Å². The lowest BCUT2D eigenvalue weighted by molar-refractivity contribution is -0.285. The summed E-state index contributed by atoms with van der Waals surface area (Å²) in [6.45, 7) is 11.3. The van der Waals surface area contributed by atoms with Crippen molar-refractivity contribution >= 4 is 5.91 Å². The van der Waals surface area contributed by atoms with E-state index in [1.807, 2.05) is 39.5 Å². The van der Waals surface area contributed by atoms with Gasteiger partial charge in [0.15, 0.2) is 11.6 Å². The molecule has 0 bridgehead atoms. The van der Waals surface area contributed by atoms with Crippen LogP contribution in [0.25, 0.3) is 0 Å². The number of amides is 1. The third-order valence-electron chi connectivity index (χ3n) is 3.87. The monoisotopic (exact) mass is 301 g/mol. The predicted octanol–water partition coefficient (Wildman–Crippen LogP) is 1.53. The number of carbonyl (C=O) groups excluding carboxylic acids is 1. The molecule has 2 aliphatic heterocycles. The molecule has 1 amide bonds. The minimum absolute atomic E-state index is 0.0730. The Balaban J connectivity index is 2.04. The highest BCUT2D eigenvalue weighted by Crippen LogP contribution is 2.25. The van der Waals surface area contributed by atoms with E-state index < -0.39 is 11.6 Å². The van der Waals surface area contributed by atoms with Crippen LogP contribution in [0.1, 0.15) is 41.0 Å². The van der Waals surface area contributed by atoms with Crippen LogP contribution in [0, 0.1) is 0 Å². The van der Waals surface area contributed by atoms with Crippen LogP contribution in [0.3, 0.4) is 0 Å². The second-order valence-electron chi connectivity index (χ2n) is 6.51. The van der Waals surface area contributed by atoms with Crippen molar-refractivity contribution in [1.82, 2.24) is 4.90 Å².